The summed E-state index contributed by atoms with van der Waals surface area (Å²) in [5.74, 6) is 0.538. The first kappa shape index (κ1) is 23.1. The first-order chi connectivity index (χ1) is 16.7. The summed E-state index contributed by atoms with van der Waals surface area (Å²) in [4.78, 5) is 21.8. The largest absolute Gasteiger partial charge is 0.494 e. The Bertz CT molecular complexity index is 1250. The average molecular weight is 453 g/mol. The summed E-state index contributed by atoms with van der Waals surface area (Å²) in [5.41, 5.74) is 6.29. The molecule has 0 bridgehead atoms. The van der Waals surface area contributed by atoms with Crippen molar-refractivity contribution in [3.05, 3.63) is 90.3 Å². The number of unbranched alkanes of at least 4 members (excludes halogenated alkanes) is 3. The molecule has 2 aromatic carbocycles. The maximum atomic E-state index is 13.0. The first-order valence-electron chi connectivity index (χ1n) is 11.6. The van der Waals surface area contributed by atoms with Crippen LogP contribution in [0.3, 0.4) is 0 Å². The SMILES string of the molecule is CCCCCCOc1ccc(/C=N/NC(=O)c2cc(-c3cccnc3)nc3ccccc23)cc1. The fraction of sp³-hybridized carbons (Fsp3) is 0.214. The van der Waals surface area contributed by atoms with Crippen molar-refractivity contribution in [3.63, 3.8) is 0 Å². The minimum atomic E-state index is -0.299. The van der Waals surface area contributed by atoms with Crippen LogP contribution in [0.5, 0.6) is 5.75 Å². The number of hydrogen-bond acceptors (Lipinski definition) is 5. The number of hydrazone groups is 1. The number of pyridine rings is 2. The fourth-order valence-corrected chi connectivity index (χ4v) is 3.62. The van der Waals surface area contributed by atoms with Crippen molar-refractivity contribution in [2.24, 2.45) is 5.10 Å². The zero-order valence-electron chi connectivity index (χ0n) is 19.3. The van der Waals surface area contributed by atoms with Gasteiger partial charge in [-0.05, 0) is 60.5 Å². The van der Waals surface area contributed by atoms with E-state index in [9.17, 15) is 4.79 Å². The van der Waals surface area contributed by atoms with Crippen LogP contribution in [0, 0.1) is 0 Å². The van der Waals surface area contributed by atoms with Gasteiger partial charge in [0.1, 0.15) is 5.75 Å². The van der Waals surface area contributed by atoms with Crippen molar-refractivity contribution in [1.29, 1.82) is 0 Å². The number of para-hydroxylation sites is 1. The second kappa shape index (κ2) is 11.7. The molecule has 0 spiro atoms. The van der Waals surface area contributed by atoms with Gasteiger partial charge in [0.15, 0.2) is 0 Å². The summed E-state index contributed by atoms with van der Waals surface area (Å²) in [6.07, 6.45) is 9.77. The van der Waals surface area contributed by atoms with Gasteiger partial charge in [0, 0.05) is 23.3 Å². The van der Waals surface area contributed by atoms with Crippen LogP contribution in [0.25, 0.3) is 22.2 Å². The summed E-state index contributed by atoms with van der Waals surface area (Å²) in [6, 6.07) is 20.8. The van der Waals surface area contributed by atoms with Gasteiger partial charge in [-0.15, -0.1) is 0 Å². The van der Waals surface area contributed by atoms with Crippen LogP contribution in [-0.4, -0.2) is 28.7 Å². The lowest BCUT2D eigenvalue weighted by Crippen LogP contribution is -2.18. The lowest BCUT2D eigenvalue weighted by molar-refractivity contribution is 0.0956. The fourth-order valence-electron chi connectivity index (χ4n) is 3.62. The lowest BCUT2D eigenvalue weighted by Gasteiger charge is -2.09. The molecule has 0 aliphatic heterocycles. The van der Waals surface area contributed by atoms with Gasteiger partial charge < -0.3 is 4.74 Å². The Labute approximate surface area is 199 Å². The minimum absolute atomic E-state index is 0.299. The zero-order valence-corrected chi connectivity index (χ0v) is 19.3. The number of hydrogen-bond donors (Lipinski definition) is 1. The Morgan fingerprint density at radius 2 is 1.88 bits per heavy atom. The van der Waals surface area contributed by atoms with Crippen molar-refractivity contribution in [1.82, 2.24) is 15.4 Å². The Kier molecular flexibility index (Phi) is 7.95. The van der Waals surface area contributed by atoms with Crippen LogP contribution in [0.1, 0.15) is 48.5 Å². The number of nitrogens with one attached hydrogen (secondary N) is 1. The molecular weight excluding hydrogens is 424 g/mol. The number of amides is 1. The molecule has 0 atom stereocenters. The predicted octanol–water partition coefficient (Wildman–Crippen LogP) is 6.02. The lowest BCUT2D eigenvalue weighted by atomic mass is 10.0. The predicted molar refractivity (Wildman–Crippen MR) is 136 cm³/mol. The Morgan fingerprint density at radius 3 is 2.68 bits per heavy atom. The monoisotopic (exact) mass is 452 g/mol. The van der Waals surface area contributed by atoms with E-state index in [1.54, 1.807) is 24.7 Å². The van der Waals surface area contributed by atoms with Crippen LogP contribution >= 0.6 is 0 Å². The molecule has 2 heterocycles. The summed E-state index contributed by atoms with van der Waals surface area (Å²) >= 11 is 0. The second-order valence-electron chi connectivity index (χ2n) is 7.99. The van der Waals surface area contributed by atoms with E-state index in [1.807, 2.05) is 60.7 Å². The molecule has 6 nitrogen and oxygen atoms in total. The normalized spacial score (nSPS) is 11.1. The average Bonchev–Trinajstić information content (AvgIpc) is 2.89. The molecule has 0 aliphatic rings. The number of benzene rings is 2. The van der Waals surface area contributed by atoms with E-state index in [0.717, 1.165) is 40.8 Å². The van der Waals surface area contributed by atoms with Crippen molar-refractivity contribution in [3.8, 4) is 17.0 Å². The summed E-state index contributed by atoms with van der Waals surface area (Å²) in [6.45, 7) is 2.92. The number of nitrogens with zero attached hydrogens (tertiary/aromatic N) is 3. The number of fused-ring (bicyclic) bond motifs is 1. The van der Waals surface area contributed by atoms with Crippen LogP contribution in [-0.2, 0) is 0 Å². The maximum Gasteiger partial charge on any atom is 0.272 e. The maximum absolute atomic E-state index is 13.0. The third kappa shape index (κ3) is 6.04. The van der Waals surface area contributed by atoms with Crippen LogP contribution in [0.4, 0.5) is 0 Å². The molecule has 1 amide bonds. The van der Waals surface area contributed by atoms with Gasteiger partial charge in [0.2, 0.25) is 0 Å². The summed E-state index contributed by atoms with van der Waals surface area (Å²) < 4.78 is 5.77. The third-order valence-electron chi connectivity index (χ3n) is 5.44. The minimum Gasteiger partial charge on any atom is -0.494 e. The van der Waals surface area contributed by atoms with E-state index < -0.39 is 0 Å². The summed E-state index contributed by atoms with van der Waals surface area (Å²) in [5, 5.41) is 4.92. The number of carbonyl (C=O) groups excluding carboxylic acids is 1. The number of aromatic nitrogens is 2. The number of ether oxygens (including phenoxy) is 1. The smallest absolute Gasteiger partial charge is 0.272 e. The van der Waals surface area contributed by atoms with E-state index in [-0.39, 0.29) is 5.91 Å². The standard InChI is InChI=1S/C28H28N4O2/c1-2-3-4-7-17-34-23-14-12-21(13-15-23)19-30-32-28(33)25-18-27(22-9-8-16-29-20-22)31-26-11-6-5-10-24(25)26/h5-6,8-16,18-20H,2-4,7,17H2,1H3,(H,32,33)/b30-19+. The molecule has 0 fully saturated rings. The molecule has 4 rings (SSSR count). The molecule has 172 valence electrons. The van der Waals surface area contributed by atoms with Gasteiger partial charge in [-0.3, -0.25) is 9.78 Å². The van der Waals surface area contributed by atoms with Gasteiger partial charge in [0.05, 0.1) is 29.6 Å². The molecule has 4 aromatic rings. The van der Waals surface area contributed by atoms with Gasteiger partial charge in [-0.25, -0.2) is 10.4 Å². The molecule has 0 saturated carbocycles. The quantitative estimate of drug-likeness (QED) is 0.181. The number of rotatable bonds is 10. The molecular formula is C28H28N4O2. The van der Waals surface area contributed by atoms with Crippen LogP contribution in [0.2, 0.25) is 0 Å². The summed E-state index contributed by atoms with van der Waals surface area (Å²) in [7, 11) is 0. The van der Waals surface area contributed by atoms with Crippen LogP contribution < -0.4 is 10.2 Å². The Hall–Kier alpha value is -4.06. The zero-order chi connectivity index (χ0) is 23.6. The van der Waals surface area contributed by atoms with E-state index in [0.29, 0.717) is 11.3 Å². The van der Waals surface area contributed by atoms with Crippen molar-refractivity contribution < 1.29 is 9.53 Å². The van der Waals surface area contributed by atoms with Crippen molar-refractivity contribution in [2.45, 2.75) is 32.6 Å². The second-order valence-corrected chi connectivity index (χ2v) is 7.99. The topological polar surface area (TPSA) is 76.5 Å². The molecule has 0 aliphatic carbocycles. The first-order valence-corrected chi connectivity index (χ1v) is 11.6. The molecule has 0 saturated heterocycles. The Morgan fingerprint density at radius 1 is 1.03 bits per heavy atom. The molecule has 2 aromatic heterocycles. The number of carbonyl (C=O) groups is 1. The highest BCUT2D eigenvalue weighted by atomic mass is 16.5. The van der Waals surface area contributed by atoms with Gasteiger partial charge in [0.25, 0.3) is 5.91 Å². The molecule has 1 N–H and O–H groups in total. The van der Waals surface area contributed by atoms with E-state index in [4.69, 9.17) is 9.72 Å². The molecule has 0 radical (unpaired) electrons. The van der Waals surface area contributed by atoms with Gasteiger partial charge in [-0.1, -0.05) is 44.4 Å². The third-order valence-corrected chi connectivity index (χ3v) is 5.44. The van der Waals surface area contributed by atoms with Gasteiger partial charge >= 0.3 is 0 Å². The molecule has 34 heavy (non-hydrogen) atoms. The van der Waals surface area contributed by atoms with Crippen molar-refractivity contribution in [2.75, 3.05) is 6.61 Å². The molecule has 6 heteroatoms. The Balaban J connectivity index is 1.43. The van der Waals surface area contributed by atoms with Crippen LogP contribution in [0.15, 0.2) is 84.2 Å². The highest BCUT2D eigenvalue weighted by Gasteiger charge is 2.13. The van der Waals surface area contributed by atoms with E-state index in [1.165, 1.54) is 19.3 Å². The van der Waals surface area contributed by atoms with E-state index >= 15 is 0 Å². The highest BCUT2D eigenvalue weighted by Crippen LogP contribution is 2.24. The molecule has 0 unspecified atom stereocenters. The van der Waals surface area contributed by atoms with Crippen molar-refractivity contribution >= 4 is 23.0 Å². The highest BCUT2D eigenvalue weighted by molar-refractivity contribution is 6.07. The van der Waals surface area contributed by atoms with E-state index in [2.05, 4.69) is 22.4 Å². The van der Waals surface area contributed by atoms with Gasteiger partial charge in [-0.2, -0.15) is 5.10 Å².